The van der Waals surface area contributed by atoms with Gasteiger partial charge >= 0.3 is 12.1 Å². The summed E-state index contributed by atoms with van der Waals surface area (Å²) >= 11 is 0. The number of carbonyl (C=O) groups is 3. The number of hydrogen-bond donors (Lipinski definition) is 0. The molecule has 0 aliphatic carbocycles. The lowest BCUT2D eigenvalue weighted by molar-refractivity contribution is -0.385. The van der Waals surface area contributed by atoms with Crippen molar-refractivity contribution in [3.05, 3.63) is 39.4 Å². The third kappa shape index (κ3) is 4.27. The molecule has 0 N–H and O–H groups in total. The highest BCUT2D eigenvalue weighted by Gasteiger charge is 2.22. The number of amides is 2. The van der Waals surface area contributed by atoms with Crippen LogP contribution in [0.3, 0.4) is 0 Å². The quantitative estimate of drug-likeness (QED) is 0.359. The number of esters is 1. The molecule has 0 saturated heterocycles. The molecule has 0 saturated carbocycles. The highest BCUT2D eigenvalue weighted by atomic mass is 16.7. The molecule has 0 aliphatic rings. The first-order valence-corrected chi connectivity index (χ1v) is 6.07. The molecule has 0 atom stereocenters. The van der Waals surface area contributed by atoms with Gasteiger partial charge in [-0.2, -0.15) is 0 Å². The molecule has 9 nitrogen and oxygen atoms in total. The smallest absolute Gasteiger partial charge is 0.419 e. The molecule has 2 amide bonds. The molecule has 0 bridgehead atoms. The van der Waals surface area contributed by atoms with E-state index in [1.165, 1.54) is 19.1 Å². The molecule has 0 aromatic heterocycles. The second-order valence-corrected chi connectivity index (χ2v) is 4.29. The van der Waals surface area contributed by atoms with Crippen molar-refractivity contribution in [2.45, 2.75) is 13.8 Å². The number of rotatable bonds is 4. The van der Waals surface area contributed by atoms with E-state index < -0.39 is 29.7 Å². The monoisotopic (exact) mass is 310 g/mol. The van der Waals surface area contributed by atoms with Crippen LogP contribution in [-0.2, 0) is 14.3 Å². The summed E-state index contributed by atoms with van der Waals surface area (Å²) in [5, 5.41) is 10.8. The van der Waals surface area contributed by atoms with Crippen LogP contribution in [0, 0.1) is 17.0 Å². The first-order valence-electron chi connectivity index (χ1n) is 6.07. The zero-order chi connectivity index (χ0) is 16.9. The third-order valence-electron chi connectivity index (χ3n) is 2.68. The lowest BCUT2D eigenvalue weighted by Crippen LogP contribution is -2.34. The van der Waals surface area contributed by atoms with Gasteiger partial charge in [-0.05, 0) is 13.0 Å². The Labute approximate surface area is 125 Å². The molecule has 0 unspecified atom stereocenters. The first-order chi connectivity index (χ1) is 10.2. The number of aryl methyl sites for hydroxylation is 1. The number of nitro groups is 1. The van der Waals surface area contributed by atoms with E-state index >= 15 is 0 Å². The van der Waals surface area contributed by atoms with Crippen molar-refractivity contribution in [2.75, 3.05) is 13.8 Å². The lowest BCUT2D eigenvalue weighted by atomic mass is 10.1. The summed E-state index contributed by atoms with van der Waals surface area (Å²) in [5.41, 5.74) is 0.124. The van der Waals surface area contributed by atoms with Crippen LogP contribution in [0.1, 0.15) is 22.8 Å². The van der Waals surface area contributed by atoms with Gasteiger partial charge in [-0.25, -0.2) is 9.69 Å². The van der Waals surface area contributed by atoms with Crippen LogP contribution >= 0.6 is 0 Å². The second kappa shape index (κ2) is 7.16. The van der Waals surface area contributed by atoms with Gasteiger partial charge in [0.25, 0.3) is 11.6 Å². The van der Waals surface area contributed by atoms with Crippen molar-refractivity contribution in [3.8, 4) is 0 Å². The minimum atomic E-state index is -1.05. The van der Waals surface area contributed by atoms with Gasteiger partial charge in [-0.15, -0.1) is 0 Å². The molecular formula is C13H14N2O7. The van der Waals surface area contributed by atoms with Crippen molar-refractivity contribution < 1.29 is 28.8 Å². The van der Waals surface area contributed by atoms with Gasteiger partial charge in [-0.1, -0.05) is 6.07 Å². The van der Waals surface area contributed by atoms with Crippen LogP contribution in [0.5, 0.6) is 0 Å². The largest absolute Gasteiger partial charge is 0.428 e. The van der Waals surface area contributed by atoms with Gasteiger partial charge < -0.3 is 9.47 Å². The van der Waals surface area contributed by atoms with Gasteiger partial charge in [-0.3, -0.25) is 19.7 Å². The molecule has 0 radical (unpaired) electrons. The summed E-state index contributed by atoms with van der Waals surface area (Å²) in [6.45, 7) is 2.04. The zero-order valence-corrected chi connectivity index (χ0v) is 12.2. The number of nitrogens with zero attached hydrogens (tertiary/aromatic N) is 2. The number of hydrogen-bond acceptors (Lipinski definition) is 7. The maximum absolute atomic E-state index is 12.1. The molecule has 0 fully saturated rings. The Hall–Kier alpha value is -2.97. The predicted molar refractivity (Wildman–Crippen MR) is 73.0 cm³/mol. The fraction of sp³-hybridized carbons (Fsp3) is 0.308. The lowest BCUT2D eigenvalue weighted by Gasteiger charge is -2.15. The average Bonchev–Trinajstić information content (AvgIpc) is 2.45. The number of imide groups is 1. The van der Waals surface area contributed by atoms with Gasteiger partial charge in [0.15, 0.2) is 0 Å². The Bertz CT molecular complexity index is 627. The van der Waals surface area contributed by atoms with Gasteiger partial charge in [0.2, 0.25) is 6.79 Å². The number of nitro benzene ring substituents is 1. The van der Waals surface area contributed by atoms with Crippen LogP contribution < -0.4 is 0 Å². The number of ether oxygens (including phenoxy) is 2. The summed E-state index contributed by atoms with van der Waals surface area (Å²) in [6.07, 6.45) is -1.05. The second-order valence-electron chi connectivity index (χ2n) is 4.29. The molecule has 1 aromatic carbocycles. The van der Waals surface area contributed by atoms with E-state index in [-0.39, 0.29) is 11.3 Å². The summed E-state index contributed by atoms with van der Waals surface area (Å²) in [4.78, 5) is 45.0. The molecule has 0 heterocycles. The molecule has 1 rings (SSSR count). The van der Waals surface area contributed by atoms with E-state index in [0.717, 1.165) is 20.0 Å². The van der Waals surface area contributed by atoms with Crippen molar-refractivity contribution in [1.82, 2.24) is 4.90 Å². The minimum absolute atomic E-state index is 0.0377. The fourth-order valence-corrected chi connectivity index (χ4v) is 1.48. The Morgan fingerprint density at radius 3 is 2.45 bits per heavy atom. The summed E-state index contributed by atoms with van der Waals surface area (Å²) < 4.78 is 8.95. The van der Waals surface area contributed by atoms with E-state index in [9.17, 15) is 24.5 Å². The molecule has 118 valence electrons. The fourth-order valence-electron chi connectivity index (χ4n) is 1.48. The molecule has 22 heavy (non-hydrogen) atoms. The Morgan fingerprint density at radius 1 is 1.27 bits per heavy atom. The molecule has 0 spiro atoms. The summed E-state index contributed by atoms with van der Waals surface area (Å²) in [7, 11) is 1.14. The third-order valence-corrected chi connectivity index (χ3v) is 2.68. The molecular weight excluding hydrogens is 296 g/mol. The van der Waals surface area contributed by atoms with Crippen molar-refractivity contribution in [1.29, 1.82) is 0 Å². The minimum Gasteiger partial charge on any atom is -0.428 e. The molecule has 1 aromatic rings. The van der Waals surface area contributed by atoms with Crippen LogP contribution in [-0.4, -0.2) is 41.6 Å². The van der Waals surface area contributed by atoms with Crippen LogP contribution in [0.4, 0.5) is 10.5 Å². The first kappa shape index (κ1) is 17.1. The zero-order valence-electron chi connectivity index (χ0n) is 12.2. The van der Waals surface area contributed by atoms with E-state index in [1.807, 2.05) is 0 Å². The maximum Gasteiger partial charge on any atom is 0.419 e. The maximum atomic E-state index is 12.1. The van der Waals surface area contributed by atoms with Crippen molar-refractivity contribution in [3.63, 3.8) is 0 Å². The van der Waals surface area contributed by atoms with E-state index in [2.05, 4.69) is 9.47 Å². The summed E-state index contributed by atoms with van der Waals surface area (Å²) in [6, 6.07) is 3.84. The number of benzene rings is 1. The van der Waals surface area contributed by atoms with Crippen LogP contribution in [0.15, 0.2) is 18.2 Å². The standard InChI is InChI=1S/C13H14N2O7/c1-8-4-5-10(6-11(8)15(19)20)12(17)14(3)13(18)22-7-21-9(2)16/h4-6H,7H2,1-3H3. The SMILES string of the molecule is CC(=O)OCOC(=O)N(C)C(=O)c1ccc(C)c([N+](=O)[O-])c1. The van der Waals surface area contributed by atoms with Crippen LogP contribution in [0.25, 0.3) is 0 Å². The van der Waals surface area contributed by atoms with Gasteiger partial charge in [0.1, 0.15) is 0 Å². The topological polar surface area (TPSA) is 116 Å². The molecule has 9 heteroatoms. The Morgan fingerprint density at radius 2 is 1.91 bits per heavy atom. The highest BCUT2D eigenvalue weighted by molar-refractivity contribution is 6.03. The van der Waals surface area contributed by atoms with Gasteiger partial charge in [0.05, 0.1) is 4.92 Å². The van der Waals surface area contributed by atoms with Crippen molar-refractivity contribution >= 4 is 23.7 Å². The predicted octanol–water partition coefficient (Wildman–Crippen LogP) is 1.63. The Kier molecular flexibility index (Phi) is 5.56. The van der Waals surface area contributed by atoms with Gasteiger partial charge in [0, 0.05) is 31.2 Å². The molecule has 0 aliphatic heterocycles. The average molecular weight is 310 g/mol. The van der Waals surface area contributed by atoms with Crippen LogP contribution in [0.2, 0.25) is 0 Å². The number of carbonyl (C=O) groups excluding carboxylic acids is 3. The van der Waals surface area contributed by atoms with E-state index in [1.54, 1.807) is 0 Å². The highest BCUT2D eigenvalue weighted by Crippen LogP contribution is 2.20. The normalized spacial score (nSPS) is 9.77. The van der Waals surface area contributed by atoms with E-state index in [0.29, 0.717) is 10.5 Å². The van der Waals surface area contributed by atoms with Crippen molar-refractivity contribution in [2.24, 2.45) is 0 Å². The Balaban J connectivity index is 2.82. The van der Waals surface area contributed by atoms with E-state index in [4.69, 9.17) is 0 Å². The summed E-state index contributed by atoms with van der Waals surface area (Å²) in [5.74, 6) is -1.42.